The van der Waals surface area contributed by atoms with E-state index in [1.807, 2.05) is 0 Å². The summed E-state index contributed by atoms with van der Waals surface area (Å²) in [5.74, 6) is -0.783. The Bertz CT molecular complexity index is 724. The second kappa shape index (κ2) is 10.2. The highest BCUT2D eigenvalue weighted by atomic mass is 35.5. The smallest absolute Gasteiger partial charge is 0.305 e. The number of amides is 1. The molecule has 1 heterocycles. The van der Waals surface area contributed by atoms with Gasteiger partial charge in [0.2, 0.25) is 5.91 Å². The van der Waals surface area contributed by atoms with Crippen molar-refractivity contribution in [2.45, 2.75) is 37.9 Å². The molecule has 9 heteroatoms. The molecule has 0 aromatic heterocycles. The topological polar surface area (TPSA) is 100 Å². The number of nitrogens with one attached hydrogen (secondary N) is 1. The lowest BCUT2D eigenvalue weighted by Gasteiger charge is -2.07. The Kier molecular flexibility index (Phi) is 7.93. The predicted molar refractivity (Wildman–Crippen MR) is 103 cm³/mol. The fraction of sp³-hybridized carbons (Fsp3) is 0.412. The number of ether oxygens (including phenoxy) is 1. The minimum atomic E-state index is -1.03. The zero-order valence-electron chi connectivity index (χ0n) is 14.3. The molecule has 26 heavy (non-hydrogen) atoms. The summed E-state index contributed by atoms with van der Waals surface area (Å²) >= 11 is 7.25. The van der Waals surface area contributed by atoms with Crippen LogP contribution in [-0.2, 0) is 9.59 Å². The molecule has 2 N–H and O–H groups in total. The number of aliphatic carboxylic acids is 1. The fourth-order valence-electron chi connectivity index (χ4n) is 2.14. The highest BCUT2D eigenvalue weighted by Crippen LogP contribution is 2.25. The number of carboxylic acid groups (broad SMARTS) is 1. The molecule has 1 unspecified atom stereocenters. The average Bonchev–Trinajstić information content (AvgIpc) is 2.92. The van der Waals surface area contributed by atoms with Crippen molar-refractivity contribution in [3.8, 4) is 5.75 Å². The van der Waals surface area contributed by atoms with Gasteiger partial charge in [0.05, 0.1) is 24.3 Å². The van der Waals surface area contributed by atoms with Crippen LogP contribution in [0.3, 0.4) is 0 Å². The lowest BCUT2D eigenvalue weighted by Crippen LogP contribution is -2.26. The zero-order chi connectivity index (χ0) is 18.9. The Morgan fingerprint density at radius 3 is 2.96 bits per heavy atom. The van der Waals surface area contributed by atoms with Crippen molar-refractivity contribution in [3.63, 3.8) is 0 Å². The van der Waals surface area contributed by atoms with E-state index in [1.54, 1.807) is 18.2 Å². The van der Waals surface area contributed by atoms with Gasteiger partial charge in [-0.25, -0.2) is 0 Å². The number of amidine groups is 1. The third-order valence-corrected chi connectivity index (χ3v) is 4.82. The molecule has 1 aromatic rings. The maximum atomic E-state index is 11.6. The molecule has 1 amide bonds. The van der Waals surface area contributed by atoms with Gasteiger partial charge in [0.15, 0.2) is 5.17 Å². The first-order valence-corrected chi connectivity index (χ1v) is 9.48. The van der Waals surface area contributed by atoms with Crippen LogP contribution in [-0.4, -0.2) is 40.2 Å². The fourth-order valence-corrected chi connectivity index (χ4v) is 3.30. The van der Waals surface area contributed by atoms with E-state index >= 15 is 0 Å². The van der Waals surface area contributed by atoms with Crippen LogP contribution in [0.4, 0.5) is 0 Å². The van der Waals surface area contributed by atoms with Gasteiger partial charge in [-0.3, -0.25) is 9.59 Å². The van der Waals surface area contributed by atoms with Gasteiger partial charge in [0, 0.05) is 0 Å². The number of hydrogen-bond donors (Lipinski definition) is 2. The first-order valence-electron chi connectivity index (χ1n) is 8.22. The number of nitrogens with zero attached hydrogens (tertiary/aromatic N) is 2. The van der Waals surface area contributed by atoms with Crippen molar-refractivity contribution in [1.29, 1.82) is 0 Å². The number of halogens is 1. The summed E-state index contributed by atoms with van der Waals surface area (Å²) in [5, 5.41) is 19.1. The minimum Gasteiger partial charge on any atom is -0.492 e. The van der Waals surface area contributed by atoms with Gasteiger partial charge in [-0.15, -0.1) is 5.10 Å². The van der Waals surface area contributed by atoms with Crippen molar-refractivity contribution in [3.05, 3.63) is 28.8 Å². The zero-order valence-corrected chi connectivity index (χ0v) is 15.8. The van der Waals surface area contributed by atoms with Crippen LogP contribution < -0.4 is 10.1 Å². The molecule has 0 saturated carbocycles. The van der Waals surface area contributed by atoms with Crippen molar-refractivity contribution >= 4 is 46.6 Å². The molecule has 2 rings (SSSR count). The van der Waals surface area contributed by atoms with Crippen LogP contribution in [0.1, 0.15) is 38.2 Å². The Morgan fingerprint density at radius 2 is 2.27 bits per heavy atom. The number of benzene rings is 1. The minimum absolute atomic E-state index is 0.255. The molecular formula is C17H20ClN3O4S. The first kappa shape index (κ1) is 20.3. The molecule has 7 nitrogen and oxygen atoms in total. The molecule has 0 bridgehead atoms. The van der Waals surface area contributed by atoms with Gasteiger partial charge < -0.3 is 15.2 Å². The Morgan fingerprint density at radius 1 is 1.46 bits per heavy atom. The highest BCUT2D eigenvalue weighted by Gasteiger charge is 2.32. The molecule has 1 aliphatic heterocycles. The number of unbranched alkanes of at least 4 members (excludes halogenated alkanes) is 2. The van der Waals surface area contributed by atoms with Crippen molar-refractivity contribution in [1.82, 2.24) is 5.32 Å². The SMILES string of the molecule is CCCCCOc1ccc(C=NN=C2NC(=O)C(CC(=O)O)S2)cc1Cl. The Labute approximate surface area is 160 Å². The number of thioether (sulfide) groups is 1. The van der Waals surface area contributed by atoms with Gasteiger partial charge in [0.25, 0.3) is 0 Å². The summed E-state index contributed by atoms with van der Waals surface area (Å²) in [4.78, 5) is 22.3. The lowest BCUT2D eigenvalue weighted by molar-refractivity contribution is -0.138. The summed E-state index contributed by atoms with van der Waals surface area (Å²) in [6.07, 6.45) is 4.47. The van der Waals surface area contributed by atoms with Crippen LogP contribution >= 0.6 is 23.4 Å². The molecule has 1 fully saturated rings. The maximum Gasteiger partial charge on any atom is 0.305 e. The molecule has 1 aromatic carbocycles. The van der Waals surface area contributed by atoms with Crippen LogP contribution in [0.15, 0.2) is 28.4 Å². The Hall–Kier alpha value is -2.06. The van der Waals surface area contributed by atoms with E-state index in [2.05, 4.69) is 22.4 Å². The molecule has 140 valence electrons. The molecule has 1 saturated heterocycles. The molecule has 1 aliphatic rings. The van der Waals surface area contributed by atoms with E-state index < -0.39 is 11.2 Å². The van der Waals surface area contributed by atoms with Crippen LogP contribution in [0.5, 0.6) is 5.75 Å². The largest absolute Gasteiger partial charge is 0.492 e. The van der Waals surface area contributed by atoms with E-state index in [1.165, 1.54) is 6.21 Å². The highest BCUT2D eigenvalue weighted by molar-refractivity contribution is 8.15. The first-order chi connectivity index (χ1) is 12.5. The summed E-state index contributed by atoms with van der Waals surface area (Å²) in [7, 11) is 0. The molecule has 0 aliphatic carbocycles. The van der Waals surface area contributed by atoms with Gasteiger partial charge >= 0.3 is 5.97 Å². The number of carbonyl (C=O) groups is 2. The van der Waals surface area contributed by atoms with E-state index in [0.717, 1.165) is 36.6 Å². The molecular weight excluding hydrogens is 378 g/mol. The number of carboxylic acids is 1. The second-order valence-corrected chi connectivity index (χ2v) is 7.19. The number of hydrogen-bond acceptors (Lipinski definition) is 6. The summed E-state index contributed by atoms with van der Waals surface area (Å²) in [6.45, 7) is 2.76. The molecule has 0 spiro atoms. The van der Waals surface area contributed by atoms with Crippen molar-refractivity contribution in [2.24, 2.45) is 10.2 Å². The van der Waals surface area contributed by atoms with Crippen molar-refractivity contribution in [2.75, 3.05) is 6.61 Å². The standard InChI is InChI=1S/C17H20ClN3O4S/c1-2-3-4-7-25-13-6-5-11(8-12(13)18)10-19-21-17-20-16(24)14(26-17)9-15(22)23/h5-6,8,10,14H,2-4,7,9H2,1H3,(H,22,23)(H,20,21,24). The molecule has 1 atom stereocenters. The second-order valence-electron chi connectivity index (χ2n) is 5.59. The van der Waals surface area contributed by atoms with Crippen LogP contribution in [0.25, 0.3) is 0 Å². The van der Waals surface area contributed by atoms with Crippen LogP contribution in [0, 0.1) is 0 Å². The lowest BCUT2D eigenvalue weighted by atomic mass is 10.2. The quantitative estimate of drug-likeness (QED) is 0.378. The monoisotopic (exact) mass is 397 g/mol. The number of rotatable bonds is 9. The Balaban J connectivity index is 1.91. The normalized spacial score (nSPS) is 18.5. The average molecular weight is 398 g/mol. The van der Waals surface area contributed by atoms with Crippen molar-refractivity contribution < 1.29 is 19.4 Å². The van der Waals surface area contributed by atoms with Gasteiger partial charge in [-0.05, 0) is 30.2 Å². The summed E-state index contributed by atoms with van der Waals surface area (Å²) in [6, 6.07) is 5.30. The van der Waals surface area contributed by atoms with Gasteiger partial charge in [-0.2, -0.15) is 5.10 Å². The summed E-state index contributed by atoms with van der Waals surface area (Å²) < 4.78 is 5.63. The van der Waals surface area contributed by atoms with E-state index in [-0.39, 0.29) is 17.5 Å². The van der Waals surface area contributed by atoms with E-state index in [4.69, 9.17) is 21.4 Å². The van der Waals surface area contributed by atoms with Gasteiger partial charge in [-0.1, -0.05) is 43.1 Å². The third kappa shape index (κ3) is 6.34. The predicted octanol–water partition coefficient (Wildman–Crippen LogP) is 3.31. The third-order valence-electron chi connectivity index (χ3n) is 3.45. The van der Waals surface area contributed by atoms with Crippen LogP contribution in [0.2, 0.25) is 5.02 Å². The maximum absolute atomic E-state index is 11.6. The van der Waals surface area contributed by atoms with E-state index in [9.17, 15) is 9.59 Å². The summed E-state index contributed by atoms with van der Waals surface area (Å²) in [5.41, 5.74) is 0.733. The van der Waals surface area contributed by atoms with Gasteiger partial charge in [0.1, 0.15) is 11.0 Å². The number of carbonyl (C=O) groups excluding carboxylic acids is 1. The van der Waals surface area contributed by atoms with E-state index in [0.29, 0.717) is 17.4 Å². The molecule has 0 radical (unpaired) electrons.